The molecule has 0 fully saturated rings. The van der Waals surface area contributed by atoms with Crippen LogP contribution in [0.3, 0.4) is 0 Å². The van der Waals surface area contributed by atoms with Crippen molar-refractivity contribution in [1.29, 1.82) is 0 Å². The van der Waals surface area contributed by atoms with Crippen molar-refractivity contribution in [1.82, 2.24) is 10.6 Å². The summed E-state index contributed by atoms with van der Waals surface area (Å²) in [4.78, 5) is 11.7. The number of carbonyl (C=O) groups excluding carboxylic acids is 1. The Bertz CT molecular complexity index is 516. The number of nitrogens with one attached hydrogen (secondary N) is 2. The second kappa shape index (κ2) is 8.44. The SMILES string of the molecule is Cc1cccc(OCC(O)CNC(=O)NC2CC=CCC2)c1. The van der Waals surface area contributed by atoms with E-state index in [9.17, 15) is 9.90 Å². The molecule has 0 spiro atoms. The van der Waals surface area contributed by atoms with Crippen molar-refractivity contribution in [3.05, 3.63) is 42.0 Å². The number of benzene rings is 1. The van der Waals surface area contributed by atoms with Crippen LogP contribution in [-0.2, 0) is 0 Å². The largest absolute Gasteiger partial charge is 0.491 e. The minimum atomic E-state index is -0.738. The first kappa shape index (κ1) is 16.4. The molecular formula is C17H24N2O3. The zero-order valence-electron chi connectivity index (χ0n) is 12.9. The standard InChI is InChI=1S/C17H24N2O3/c1-13-6-5-9-16(10-13)22-12-15(20)11-18-17(21)19-14-7-3-2-4-8-14/h2-3,5-6,9-10,14-15,20H,4,7-8,11-12H2,1H3,(H2,18,19,21). The lowest BCUT2D eigenvalue weighted by atomic mass is 10.0. The van der Waals surface area contributed by atoms with Gasteiger partial charge in [0.2, 0.25) is 0 Å². The number of rotatable bonds is 6. The van der Waals surface area contributed by atoms with E-state index in [4.69, 9.17) is 4.74 Å². The van der Waals surface area contributed by atoms with Crippen LogP contribution < -0.4 is 15.4 Å². The number of allylic oxidation sites excluding steroid dienone is 1. The molecule has 5 heteroatoms. The second-order valence-corrected chi connectivity index (χ2v) is 5.62. The normalized spacial score (nSPS) is 18.5. The van der Waals surface area contributed by atoms with Crippen LogP contribution in [0.1, 0.15) is 24.8 Å². The van der Waals surface area contributed by atoms with E-state index in [0.717, 1.165) is 30.6 Å². The Morgan fingerprint density at radius 2 is 2.32 bits per heavy atom. The molecule has 3 N–H and O–H groups in total. The number of ether oxygens (including phenoxy) is 1. The monoisotopic (exact) mass is 304 g/mol. The first-order valence-corrected chi connectivity index (χ1v) is 7.70. The summed E-state index contributed by atoms with van der Waals surface area (Å²) in [5, 5.41) is 15.4. The van der Waals surface area contributed by atoms with Gasteiger partial charge < -0.3 is 20.5 Å². The van der Waals surface area contributed by atoms with Crippen LogP contribution in [0.15, 0.2) is 36.4 Å². The molecule has 0 saturated heterocycles. The van der Waals surface area contributed by atoms with Crippen LogP contribution in [-0.4, -0.2) is 36.4 Å². The van der Waals surface area contributed by atoms with Crippen molar-refractivity contribution >= 4 is 6.03 Å². The number of aryl methyl sites for hydroxylation is 1. The van der Waals surface area contributed by atoms with Gasteiger partial charge in [-0.1, -0.05) is 24.3 Å². The van der Waals surface area contributed by atoms with Gasteiger partial charge in [0.15, 0.2) is 0 Å². The molecule has 0 aromatic heterocycles. The molecule has 0 saturated carbocycles. The van der Waals surface area contributed by atoms with Gasteiger partial charge in [0.25, 0.3) is 0 Å². The quantitative estimate of drug-likeness (QED) is 0.705. The topological polar surface area (TPSA) is 70.6 Å². The van der Waals surface area contributed by atoms with Crippen LogP contribution >= 0.6 is 0 Å². The maximum Gasteiger partial charge on any atom is 0.315 e. The van der Waals surface area contributed by atoms with Crippen molar-refractivity contribution in [2.75, 3.05) is 13.2 Å². The third kappa shape index (κ3) is 5.77. The molecule has 0 heterocycles. The number of urea groups is 1. The van der Waals surface area contributed by atoms with Gasteiger partial charge in [-0.25, -0.2) is 4.79 Å². The van der Waals surface area contributed by atoms with E-state index in [1.54, 1.807) is 0 Å². The Labute approximate surface area is 131 Å². The molecule has 0 radical (unpaired) electrons. The third-order valence-corrected chi connectivity index (χ3v) is 3.53. The van der Waals surface area contributed by atoms with E-state index in [-0.39, 0.29) is 25.2 Å². The Kier molecular flexibility index (Phi) is 6.27. The van der Waals surface area contributed by atoms with Gasteiger partial charge in [0, 0.05) is 12.6 Å². The fourth-order valence-electron chi connectivity index (χ4n) is 2.33. The van der Waals surface area contributed by atoms with E-state index in [0.29, 0.717) is 0 Å². The molecule has 0 aliphatic heterocycles. The molecule has 1 aromatic carbocycles. The predicted octanol–water partition coefficient (Wildman–Crippen LogP) is 2.14. The molecule has 1 aliphatic rings. The Morgan fingerprint density at radius 3 is 3.05 bits per heavy atom. The number of hydrogen-bond donors (Lipinski definition) is 3. The summed E-state index contributed by atoms with van der Waals surface area (Å²) in [6.07, 6.45) is 6.30. The molecule has 2 unspecified atom stereocenters. The minimum absolute atomic E-state index is 0.149. The average Bonchev–Trinajstić information content (AvgIpc) is 2.52. The van der Waals surface area contributed by atoms with E-state index >= 15 is 0 Å². The number of carbonyl (C=O) groups is 1. The van der Waals surface area contributed by atoms with Crippen molar-refractivity contribution in [2.24, 2.45) is 0 Å². The Balaban J connectivity index is 1.63. The average molecular weight is 304 g/mol. The Morgan fingerprint density at radius 1 is 1.45 bits per heavy atom. The zero-order valence-corrected chi connectivity index (χ0v) is 12.9. The molecule has 2 rings (SSSR count). The van der Waals surface area contributed by atoms with Crippen LogP contribution in [0.4, 0.5) is 4.79 Å². The number of amides is 2. The molecule has 0 bridgehead atoms. The number of hydrogen-bond acceptors (Lipinski definition) is 3. The summed E-state index contributed by atoms with van der Waals surface area (Å²) in [7, 11) is 0. The first-order chi connectivity index (χ1) is 10.6. The van der Waals surface area contributed by atoms with Gasteiger partial charge in [0.1, 0.15) is 18.5 Å². The second-order valence-electron chi connectivity index (χ2n) is 5.62. The van der Waals surface area contributed by atoms with Gasteiger partial charge in [-0.2, -0.15) is 0 Å². The fourth-order valence-corrected chi connectivity index (χ4v) is 2.33. The summed E-state index contributed by atoms with van der Waals surface area (Å²) in [5.41, 5.74) is 1.10. The summed E-state index contributed by atoms with van der Waals surface area (Å²) < 4.78 is 5.50. The highest BCUT2D eigenvalue weighted by Gasteiger charge is 2.13. The first-order valence-electron chi connectivity index (χ1n) is 7.70. The van der Waals surface area contributed by atoms with E-state index in [1.165, 1.54) is 0 Å². The lowest BCUT2D eigenvalue weighted by molar-refractivity contribution is 0.107. The molecule has 1 aromatic rings. The molecule has 22 heavy (non-hydrogen) atoms. The zero-order chi connectivity index (χ0) is 15.8. The molecule has 2 atom stereocenters. The van der Waals surface area contributed by atoms with Gasteiger partial charge >= 0.3 is 6.03 Å². The Hall–Kier alpha value is -2.01. The van der Waals surface area contributed by atoms with Gasteiger partial charge in [-0.15, -0.1) is 0 Å². The molecular weight excluding hydrogens is 280 g/mol. The lowest BCUT2D eigenvalue weighted by Crippen LogP contribution is -2.45. The van der Waals surface area contributed by atoms with Gasteiger partial charge in [0.05, 0.1) is 0 Å². The summed E-state index contributed by atoms with van der Waals surface area (Å²) in [6.45, 7) is 2.30. The van der Waals surface area contributed by atoms with E-state index < -0.39 is 6.10 Å². The highest BCUT2D eigenvalue weighted by molar-refractivity contribution is 5.74. The predicted molar refractivity (Wildman–Crippen MR) is 86.0 cm³/mol. The van der Waals surface area contributed by atoms with Crippen LogP contribution in [0, 0.1) is 6.92 Å². The molecule has 1 aliphatic carbocycles. The highest BCUT2D eigenvalue weighted by Crippen LogP contribution is 2.12. The molecule has 5 nitrogen and oxygen atoms in total. The number of aliphatic hydroxyl groups excluding tert-OH is 1. The van der Waals surface area contributed by atoms with Crippen molar-refractivity contribution in [3.63, 3.8) is 0 Å². The van der Waals surface area contributed by atoms with Crippen LogP contribution in [0.2, 0.25) is 0 Å². The summed E-state index contributed by atoms with van der Waals surface area (Å²) in [5.74, 6) is 0.720. The minimum Gasteiger partial charge on any atom is -0.491 e. The third-order valence-electron chi connectivity index (χ3n) is 3.53. The van der Waals surface area contributed by atoms with Gasteiger partial charge in [-0.05, 0) is 43.9 Å². The van der Waals surface area contributed by atoms with Crippen molar-refractivity contribution in [2.45, 2.75) is 38.3 Å². The number of aliphatic hydroxyl groups is 1. The van der Waals surface area contributed by atoms with E-state index in [2.05, 4.69) is 22.8 Å². The van der Waals surface area contributed by atoms with Gasteiger partial charge in [-0.3, -0.25) is 0 Å². The lowest BCUT2D eigenvalue weighted by Gasteiger charge is -2.20. The molecule has 2 amide bonds. The van der Waals surface area contributed by atoms with Crippen LogP contribution in [0.5, 0.6) is 5.75 Å². The van der Waals surface area contributed by atoms with E-state index in [1.807, 2.05) is 31.2 Å². The van der Waals surface area contributed by atoms with Crippen molar-refractivity contribution in [3.8, 4) is 5.75 Å². The highest BCUT2D eigenvalue weighted by atomic mass is 16.5. The summed E-state index contributed by atoms with van der Waals surface area (Å²) >= 11 is 0. The smallest absolute Gasteiger partial charge is 0.315 e. The maximum absolute atomic E-state index is 11.7. The maximum atomic E-state index is 11.7. The summed E-state index contributed by atoms with van der Waals surface area (Å²) in [6, 6.07) is 7.58. The van der Waals surface area contributed by atoms with Crippen molar-refractivity contribution < 1.29 is 14.6 Å². The molecule has 120 valence electrons. The fraction of sp³-hybridized carbons (Fsp3) is 0.471. The van der Waals surface area contributed by atoms with Crippen LogP contribution in [0.25, 0.3) is 0 Å².